The summed E-state index contributed by atoms with van der Waals surface area (Å²) >= 11 is 0. The van der Waals surface area contributed by atoms with Crippen LogP contribution >= 0.6 is 0 Å². The maximum absolute atomic E-state index is 10.5. The molecule has 2 bridgehead atoms. The molecule has 0 aromatic rings. The highest BCUT2D eigenvalue weighted by Gasteiger charge is 2.67. The first-order valence-corrected chi connectivity index (χ1v) is 5.98. The van der Waals surface area contributed by atoms with Gasteiger partial charge in [0.05, 0.1) is 17.8 Å². The van der Waals surface area contributed by atoms with Crippen molar-refractivity contribution in [2.24, 2.45) is 5.41 Å². The van der Waals surface area contributed by atoms with Gasteiger partial charge in [0.25, 0.3) is 0 Å². The fraction of sp³-hybridized carbons (Fsp3) is 0.846. The summed E-state index contributed by atoms with van der Waals surface area (Å²) < 4.78 is 5.99. The van der Waals surface area contributed by atoms with Gasteiger partial charge in [0.1, 0.15) is 5.60 Å². The van der Waals surface area contributed by atoms with E-state index in [2.05, 4.69) is 13.8 Å². The molecule has 0 aliphatic carbocycles. The molecule has 4 atom stereocenters. The predicted octanol–water partition coefficient (Wildman–Crippen LogP) is 1.63. The van der Waals surface area contributed by atoms with Crippen LogP contribution in [-0.2, 0) is 4.74 Å². The van der Waals surface area contributed by atoms with Crippen LogP contribution < -0.4 is 0 Å². The third-order valence-electron chi connectivity index (χ3n) is 4.13. The number of fused-ring (bicyclic) bond motifs is 2. The third-order valence-corrected chi connectivity index (χ3v) is 4.13. The Kier molecular flexibility index (Phi) is 2.50. The second-order valence-corrected chi connectivity index (χ2v) is 6.14. The fourth-order valence-corrected chi connectivity index (χ4v) is 3.47. The van der Waals surface area contributed by atoms with E-state index in [-0.39, 0.29) is 11.5 Å². The molecule has 2 aliphatic rings. The van der Waals surface area contributed by atoms with Gasteiger partial charge in [-0.1, -0.05) is 26.0 Å². The number of ether oxygens (including phenoxy) is 1. The van der Waals surface area contributed by atoms with Crippen molar-refractivity contribution in [2.75, 3.05) is 0 Å². The van der Waals surface area contributed by atoms with E-state index in [0.717, 1.165) is 6.42 Å². The Balaban J connectivity index is 2.40. The summed E-state index contributed by atoms with van der Waals surface area (Å²) in [5.74, 6) is 0. The van der Waals surface area contributed by atoms with Crippen LogP contribution in [0.4, 0.5) is 0 Å². The summed E-state index contributed by atoms with van der Waals surface area (Å²) in [7, 11) is 0. The quantitative estimate of drug-likeness (QED) is 0.704. The number of aliphatic hydroxyl groups excluding tert-OH is 1. The molecule has 2 N–H and O–H groups in total. The average Bonchev–Trinajstić information content (AvgIpc) is 2.46. The minimum Gasteiger partial charge on any atom is -0.389 e. The maximum atomic E-state index is 10.5. The number of aliphatic hydroxyl groups is 2. The number of hydrogen-bond donors (Lipinski definition) is 2. The van der Waals surface area contributed by atoms with Crippen LogP contribution in [0, 0.1) is 5.41 Å². The first kappa shape index (κ1) is 12.1. The zero-order valence-electron chi connectivity index (χ0n) is 10.5. The van der Waals surface area contributed by atoms with Crippen LogP contribution in [-0.4, -0.2) is 33.6 Å². The van der Waals surface area contributed by atoms with Gasteiger partial charge in [0, 0.05) is 11.8 Å². The number of rotatable bonds is 2. The second-order valence-electron chi connectivity index (χ2n) is 6.14. The molecule has 0 spiro atoms. The summed E-state index contributed by atoms with van der Waals surface area (Å²) in [6, 6.07) is 0. The van der Waals surface area contributed by atoms with Crippen molar-refractivity contribution >= 4 is 0 Å². The Morgan fingerprint density at radius 2 is 1.94 bits per heavy atom. The Labute approximate surface area is 97.1 Å². The molecule has 0 amide bonds. The molecule has 0 aromatic heterocycles. The van der Waals surface area contributed by atoms with E-state index in [0.29, 0.717) is 6.42 Å². The topological polar surface area (TPSA) is 49.7 Å². The van der Waals surface area contributed by atoms with Gasteiger partial charge >= 0.3 is 0 Å². The minimum atomic E-state index is -0.842. The van der Waals surface area contributed by atoms with E-state index in [1.165, 1.54) is 0 Å². The van der Waals surface area contributed by atoms with Gasteiger partial charge in [-0.05, 0) is 20.3 Å². The Bertz CT molecular complexity index is 297. The summed E-state index contributed by atoms with van der Waals surface area (Å²) in [5.41, 5.74) is -1.59. The molecule has 3 unspecified atom stereocenters. The summed E-state index contributed by atoms with van der Waals surface area (Å²) in [5, 5.41) is 19.9. The van der Waals surface area contributed by atoms with Gasteiger partial charge in [-0.2, -0.15) is 0 Å². The smallest absolute Gasteiger partial charge is 0.120 e. The van der Waals surface area contributed by atoms with Crippen molar-refractivity contribution in [1.82, 2.24) is 0 Å². The van der Waals surface area contributed by atoms with Crippen LogP contribution in [0.5, 0.6) is 0 Å². The Hall–Kier alpha value is -0.380. The third kappa shape index (κ3) is 1.45. The lowest BCUT2D eigenvalue weighted by atomic mass is 9.61. The molecule has 0 saturated carbocycles. The molecule has 3 heteroatoms. The standard InChI is InChI=1S/C13H22O3/c1-9(14)5-6-13-11(2,3)7-10(16-13)8-12(13,4)15/h5-6,9-10,14-15H,7-8H2,1-4H3/b6-5+/t9-,10?,12?,13?/m1/s1. The van der Waals surface area contributed by atoms with E-state index < -0.39 is 17.3 Å². The van der Waals surface area contributed by atoms with Gasteiger partial charge in [-0.3, -0.25) is 0 Å². The van der Waals surface area contributed by atoms with E-state index in [1.807, 2.05) is 13.0 Å². The number of hydrogen-bond acceptors (Lipinski definition) is 3. The van der Waals surface area contributed by atoms with Crippen LogP contribution in [0.1, 0.15) is 40.5 Å². The van der Waals surface area contributed by atoms with Gasteiger partial charge in [-0.15, -0.1) is 0 Å². The summed E-state index contributed by atoms with van der Waals surface area (Å²) in [6.45, 7) is 7.77. The van der Waals surface area contributed by atoms with Crippen LogP contribution in [0.2, 0.25) is 0 Å². The summed E-state index contributed by atoms with van der Waals surface area (Å²) in [6.07, 6.45) is 4.86. The highest BCUT2D eigenvalue weighted by Crippen LogP contribution is 2.60. The van der Waals surface area contributed by atoms with Crippen LogP contribution in [0.3, 0.4) is 0 Å². The van der Waals surface area contributed by atoms with Crippen molar-refractivity contribution in [3.63, 3.8) is 0 Å². The molecular formula is C13H22O3. The predicted molar refractivity (Wildman–Crippen MR) is 62.1 cm³/mol. The second kappa shape index (κ2) is 3.31. The van der Waals surface area contributed by atoms with E-state index >= 15 is 0 Å². The van der Waals surface area contributed by atoms with E-state index in [4.69, 9.17) is 4.74 Å². The average molecular weight is 226 g/mol. The Morgan fingerprint density at radius 1 is 1.31 bits per heavy atom. The lowest BCUT2D eigenvalue weighted by Gasteiger charge is -2.46. The Morgan fingerprint density at radius 3 is 2.38 bits per heavy atom. The molecule has 2 saturated heterocycles. The summed E-state index contributed by atoms with van der Waals surface area (Å²) in [4.78, 5) is 0. The maximum Gasteiger partial charge on any atom is 0.120 e. The van der Waals surface area contributed by atoms with Crippen molar-refractivity contribution < 1.29 is 14.9 Å². The van der Waals surface area contributed by atoms with Gasteiger partial charge < -0.3 is 14.9 Å². The molecule has 2 fully saturated rings. The van der Waals surface area contributed by atoms with E-state index in [9.17, 15) is 10.2 Å². The van der Waals surface area contributed by atoms with Crippen LogP contribution in [0.25, 0.3) is 0 Å². The van der Waals surface area contributed by atoms with Gasteiger partial charge in [-0.25, -0.2) is 0 Å². The molecule has 0 radical (unpaired) electrons. The van der Waals surface area contributed by atoms with Crippen molar-refractivity contribution in [3.8, 4) is 0 Å². The molecule has 2 heterocycles. The zero-order valence-corrected chi connectivity index (χ0v) is 10.5. The first-order chi connectivity index (χ1) is 7.20. The highest BCUT2D eigenvalue weighted by molar-refractivity contribution is 5.27. The largest absolute Gasteiger partial charge is 0.389 e. The molecule has 3 nitrogen and oxygen atoms in total. The lowest BCUT2D eigenvalue weighted by Crippen LogP contribution is -2.56. The van der Waals surface area contributed by atoms with Crippen molar-refractivity contribution in [3.05, 3.63) is 12.2 Å². The SMILES string of the molecule is C[C@@H](O)/C=C/C12OC(CC1(C)C)CC2(C)O. The minimum absolute atomic E-state index is 0.0925. The first-order valence-electron chi connectivity index (χ1n) is 5.98. The molecule has 92 valence electrons. The fourth-order valence-electron chi connectivity index (χ4n) is 3.47. The highest BCUT2D eigenvalue weighted by atomic mass is 16.5. The molecular weight excluding hydrogens is 204 g/mol. The molecule has 2 aliphatic heterocycles. The lowest BCUT2D eigenvalue weighted by molar-refractivity contribution is -0.115. The molecule has 16 heavy (non-hydrogen) atoms. The zero-order chi connectivity index (χ0) is 12.2. The molecule has 2 rings (SSSR count). The van der Waals surface area contributed by atoms with Crippen molar-refractivity contribution in [1.29, 1.82) is 0 Å². The molecule has 0 aromatic carbocycles. The van der Waals surface area contributed by atoms with Crippen molar-refractivity contribution in [2.45, 2.75) is 63.9 Å². The van der Waals surface area contributed by atoms with Gasteiger partial charge in [0.15, 0.2) is 0 Å². The van der Waals surface area contributed by atoms with E-state index in [1.54, 1.807) is 13.0 Å². The monoisotopic (exact) mass is 226 g/mol. The van der Waals surface area contributed by atoms with Crippen LogP contribution in [0.15, 0.2) is 12.2 Å². The normalized spacial score (nSPS) is 47.8. The van der Waals surface area contributed by atoms with Gasteiger partial charge in [0.2, 0.25) is 0 Å².